The highest BCUT2D eigenvalue weighted by Crippen LogP contribution is 2.21. The number of hydrogen-bond donors (Lipinski definition) is 3. The second kappa shape index (κ2) is 8.82. The van der Waals surface area contributed by atoms with Gasteiger partial charge in [0.2, 0.25) is 0 Å². The Bertz CT molecular complexity index is 836. The first-order valence-corrected chi connectivity index (χ1v) is 9.22. The van der Waals surface area contributed by atoms with E-state index in [9.17, 15) is 9.59 Å². The van der Waals surface area contributed by atoms with Crippen LogP contribution in [0.4, 0.5) is 11.4 Å². The highest BCUT2D eigenvalue weighted by molar-refractivity contribution is 5.94. The van der Waals surface area contributed by atoms with Crippen LogP contribution in [-0.4, -0.2) is 32.0 Å². The van der Waals surface area contributed by atoms with Gasteiger partial charge in [0, 0.05) is 11.4 Å². The van der Waals surface area contributed by atoms with Crippen LogP contribution >= 0.6 is 0 Å². The number of aryl methyl sites for hydroxylation is 5. The molecule has 5 nitrogen and oxygen atoms in total. The maximum Gasteiger partial charge on any atom is 0.279 e. The van der Waals surface area contributed by atoms with Gasteiger partial charge in [0.15, 0.2) is 13.1 Å². The Hall–Kier alpha value is -2.66. The summed E-state index contributed by atoms with van der Waals surface area (Å²) in [6, 6.07) is 10.0. The lowest BCUT2D eigenvalue weighted by Gasteiger charge is -2.16. The smallest absolute Gasteiger partial charge is 0.279 e. The van der Waals surface area contributed by atoms with Gasteiger partial charge in [-0.05, 0) is 57.4 Å². The van der Waals surface area contributed by atoms with Gasteiger partial charge >= 0.3 is 0 Å². The first-order valence-electron chi connectivity index (χ1n) is 9.22. The zero-order valence-electron chi connectivity index (χ0n) is 17.1. The Morgan fingerprint density at radius 2 is 1.30 bits per heavy atom. The van der Waals surface area contributed by atoms with Gasteiger partial charge in [0.1, 0.15) is 0 Å². The van der Waals surface area contributed by atoms with Crippen LogP contribution in [0.1, 0.15) is 27.8 Å². The van der Waals surface area contributed by atoms with Gasteiger partial charge in [-0.1, -0.05) is 35.4 Å². The number of amides is 2. The fourth-order valence-corrected chi connectivity index (χ4v) is 3.32. The fraction of sp³-hybridized carbons (Fsp3) is 0.364. The number of quaternary nitrogens is 1. The molecule has 0 aliphatic heterocycles. The molecule has 5 heteroatoms. The molecular formula is C22H30N3O2+. The molecule has 0 spiro atoms. The highest BCUT2D eigenvalue weighted by Gasteiger charge is 2.16. The molecule has 0 fully saturated rings. The molecule has 2 aromatic rings. The Morgan fingerprint density at radius 3 is 1.85 bits per heavy atom. The number of anilines is 2. The lowest BCUT2D eigenvalue weighted by molar-refractivity contribution is -0.862. The largest absolute Gasteiger partial charge is 0.322 e. The number of likely N-dealkylation sites (N-methyl/N-ethyl adjacent to an activating group) is 1. The minimum Gasteiger partial charge on any atom is -0.322 e. The molecule has 3 N–H and O–H groups in total. The van der Waals surface area contributed by atoms with Crippen LogP contribution in [0.3, 0.4) is 0 Å². The normalized spacial score (nSPS) is 11.8. The summed E-state index contributed by atoms with van der Waals surface area (Å²) in [5.74, 6) is -0.197. The van der Waals surface area contributed by atoms with Gasteiger partial charge < -0.3 is 15.5 Å². The zero-order valence-corrected chi connectivity index (χ0v) is 17.1. The van der Waals surface area contributed by atoms with Crippen molar-refractivity contribution in [3.63, 3.8) is 0 Å². The lowest BCUT2D eigenvalue weighted by Crippen LogP contribution is -3.11. The highest BCUT2D eigenvalue weighted by atomic mass is 16.2. The van der Waals surface area contributed by atoms with Crippen molar-refractivity contribution in [3.05, 3.63) is 58.1 Å². The summed E-state index contributed by atoms with van der Waals surface area (Å²) in [6.45, 7) is 10.5. The van der Waals surface area contributed by atoms with Crippen molar-refractivity contribution in [2.24, 2.45) is 0 Å². The third kappa shape index (κ3) is 5.93. The average molecular weight is 369 g/mol. The van der Waals surface area contributed by atoms with Crippen LogP contribution in [0.25, 0.3) is 0 Å². The topological polar surface area (TPSA) is 62.6 Å². The SMILES string of the molecule is Cc1ccc(NC(=O)C[NH+](C)CC(=O)Nc2c(C)cc(C)cc2C)c(C)c1. The molecule has 1 atom stereocenters. The molecule has 0 aliphatic rings. The molecule has 0 radical (unpaired) electrons. The van der Waals surface area contributed by atoms with Crippen LogP contribution in [0.15, 0.2) is 30.3 Å². The molecule has 0 bridgehead atoms. The second-order valence-corrected chi connectivity index (χ2v) is 7.50. The predicted molar refractivity (Wildman–Crippen MR) is 110 cm³/mol. The second-order valence-electron chi connectivity index (χ2n) is 7.50. The first-order chi connectivity index (χ1) is 12.7. The van der Waals surface area contributed by atoms with E-state index in [0.717, 1.165) is 38.5 Å². The van der Waals surface area contributed by atoms with Gasteiger partial charge in [-0.3, -0.25) is 9.59 Å². The van der Waals surface area contributed by atoms with Gasteiger partial charge in [0.25, 0.3) is 11.8 Å². The van der Waals surface area contributed by atoms with Crippen molar-refractivity contribution in [2.45, 2.75) is 34.6 Å². The summed E-state index contributed by atoms with van der Waals surface area (Å²) in [7, 11) is 1.84. The van der Waals surface area contributed by atoms with E-state index in [1.165, 1.54) is 5.56 Å². The molecular weight excluding hydrogens is 338 g/mol. The summed E-state index contributed by atoms with van der Waals surface area (Å²) in [5, 5.41) is 5.91. The molecule has 27 heavy (non-hydrogen) atoms. The molecule has 0 saturated heterocycles. The van der Waals surface area contributed by atoms with Crippen LogP contribution in [0, 0.1) is 34.6 Å². The van der Waals surface area contributed by atoms with Crippen LogP contribution < -0.4 is 15.5 Å². The molecule has 1 unspecified atom stereocenters. The standard InChI is InChI=1S/C22H29N3O2/c1-14-7-8-19(16(3)9-14)23-20(26)12-25(6)13-21(27)24-22-17(4)10-15(2)11-18(22)5/h7-11H,12-13H2,1-6H3,(H,23,26)(H,24,27)/p+1. The van der Waals surface area contributed by atoms with E-state index in [4.69, 9.17) is 0 Å². The zero-order chi connectivity index (χ0) is 20.1. The minimum absolute atomic E-state index is 0.0955. The number of carbonyl (C=O) groups excluding carboxylic acids is 2. The number of nitrogens with one attached hydrogen (secondary N) is 3. The molecule has 0 aromatic heterocycles. The van der Waals surface area contributed by atoms with Crippen LogP contribution in [-0.2, 0) is 9.59 Å². The lowest BCUT2D eigenvalue weighted by atomic mass is 10.1. The Labute approximate surface area is 161 Å². The first kappa shape index (κ1) is 20.6. The quantitative estimate of drug-likeness (QED) is 0.733. The van der Waals surface area contributed by atoms with Crippen molar-refractivity contribution < 1.29 is 14.5 Å². The molecule has 2 amide bonds. The minimum atomic E-state index is -0.102. The number of hydrogen-bond acceptors (Lipinski definition) is 2. The number of carbonyl (C=O) groups is 2. The summed E-state index contributed by atoms with van der Waals surface area (Å²) < 4.78 is 0. The number of benzene rings is 2. The van der Waals surface area contributed by atoms with Crippen LogP contribution in [0.5, 0.6) is 0 Å². The van der Waals surface area contributed by atoms with E-state index in [1.54, 1.807) is 0 Å². The van der Waals surface area contributed by atoms with E-state index in [-0.39, 0.29) is 24.9 Å². The molecule has 0 saturated carbocycles. The van der Waals surface area contributed by atoms with Crippen molar-refractivity contribution in [2.75, 3.05) is 30.8 Å². The van der Waals surface area contributed by atoms with Gasteiger partial charge in [-0.2, -0.15) is 0 Å². The van der Waals surface area contributed by atoms with E-state index >= 15 is 0 Å². The van der Waals surface area contributed by atoms with Crippen molar-refractivity contribution in [1.82, 2.24) is 0 Å². The summed E-state index contributed by atoms with van der Waals surface area (Å²) in [5.41, 5.74) is 7.13. The van der Waals surface area contributed by atoms with E-state index in [2.05, 4.69) is 22.8 Å². The van der Waals surface area contributed by atoms with Gasteiger partial charge in [-0.15, -0.1) is 0 Å². The molecule has 0 heterocycles. The Balaban J connectivity index is 1.90. The van der Waals surface area contributed by atoms with E-state index < -0.39 is 0 Å². The molecule has 2 aromatic carbocycles. The third-order valence-corrected chi connectivity index (χ3v) is 4.52. The summed E-state index contributed by atoms with van der Waals surface area (Å²) in [4.78, 5) is 25.5. The third-order valence-electron chi connectivity index (χ3n) is 4.52. The van der Waals surface area contributed by atoms with Gasteiger partial charge in [0.05, 0.1) is 7.05 Å². The fourth-order valence-electron chi connectivity index (χ4n) is 3.32. The molecule has 2 rings (SSSR count). The van der Waals surface area contributed by atoms with Crippen LogP contribution in [0.2, 0.25) is 0 Å². The Kier molecular flexibility index (Phi) is 6.75. The van der Waals surface area contributed by atoms with Crippen molar-refractivity contribution in [1.29, 1.82) is 0 Å². The summed E-state index contributed by atoms with van der Waals surface area (Å²) >= 11 is 0. The summed E-state index contributed by atoms with van der Waals surface area (Å²) in [6.07, 6.45) is 0. The number of rotatable bonds is 6. The van der Waals surface area contributed by atoms with Gasteiger partial charge in [-0.25, -0.2) is 0 Å². The van der Waals surface area contributed by atoms with Crippen molar-refractivity contribution >= 4 is 23.2 Å². The van der Waals surface area contributed by atoms with E-state index in [1.807, 2.05) is 59.9 Å². The Morgan fingerprint density at radius 1 is 0.778 bits per heavy atom. The maximum atomic E-state index is 12.4. The molecule has 0 aliphatic carbocycles. The van der Waals surface area contributed by atoms with Crippen molar-refractivity contribution in [3.8, 4) is 0 Å². The average Bonchev–Trinajstić information content (AvgIpc) is 2.53. The molecule has 144 valence electrons. The predicted octanol–water partition coefficient (Wildman–Crippen LogP) is 2.32. The van der Waals surface area contributed by atoms with E-state index in [0.29, 0.717) is 0 Å². The maximum absolute atomic E-state index is 12.4. The monoisotopic (exact) mass is 368 g/mol.